The van der Waals surface area contributed by atoms with Crippen molar-refractivity contribution >= 4 is 40.8 Å². The molecule has 0 spiro atoms. The molecule has 0 saturated carbocycles. The highest BCUT2D eigenvalue weighted by molar-refractivity contribution is 6.37. The molecule has 24 heavy (non-hydrogen) atoms. The zero-order chi connectivity index (χ0) is 17.9. The van der Waals surface area contributed by atoms with Gasteiger partial charge >= 0.3 is 5.97 Å². The summed E-state index contributed by atoms with van der Waals surface area (Å²) in [5, 5.41) is 7.35. The van der Waals surface area contributed by atoms with Crippen LogP contribution in [0.5, 0.6) is 0 Å². The lowest BCUT2D eigenvalue weighted by atomic mass is 10.2. The van der Waals surface area contributed by atoms with Crippen molar-refractivity contribution in [3.8, 4) is 0 Å². The Morgan fingerprint density at radius 3 is 2.75 bits per heavy atom. The van der Waals surface area contributed by atoms with Crippen LogP contribution in [0.2, 0.25) is 5.02 Å². The van der Waals surface area contributed by atoms with E-state index in [2.05, 4.69) is 10.4 Å². The van der Waals surface area contributed by atoms with Gasteiger partial charge in [-0.15, -0.1) is 0 Å². The van der Waals surface area contributed by atoms with Crippen LogP contribution >= 0.6 is 11.6 Å². The van der Waals surface area contributed by atoms with Gasteiger partial charge in [0.15, 0.2) is 6.10 Å². The minimum Gasteiger partial charge on any atom is -0.448 e. The summed E-state index contributed by atoms with van der Waals surface area (Å²) in [4.78, 5) is 35.3. The summed E-state index contributed by atoms with van der Waals surface area (Å²) in [7, 11) is 1.42. The smallest absolute Gasteiger partial charge is 0.355 e. The Kier molecular flexibility index (Phi) is 5.50. The van der Waals surface area contributed by atoms with E-state index in [9.17, 15) is 18.8 Å². The van der Waals surface area contributed by atoms with E-state index < -0.39 is 23.8 Å². The molecule has 1 N–H and O–H groups in total. The number of anilines is 1. The van der Waals surface area contributed by atoms with Gasteiger partial charge < -0.3 is 10.1 Å². The highest BCUT2D eigenvalue weighted by atomic mass is 35.5. The SMILES string of the molecule is CC(OC(=O)C1=NN(C)C(=O)CC1)C(=O)Nc1ccc(Cl)cc1F. The second-order valence-corrected chi connectivity index (χ2v) is 5.56. The maximum Gasteiger partial charge on any atom is 0.355 e. The van der Waals surface area contributed by atoms with Crippen LogP contribution in [-0.2, 0) is 19.1 Å². The molecule has 2 rings (SSSR count). The molecule has 1 aromatic rings. The number of nitrogens with one attached hydrogen (secondary N) is 1. The molecule has 7 nitrogen and oxygen atoms in total. The summed E-state index contributed by atoms with van der Waals surface area (Å²) in [6.45, 7) is 1.35. The molecule has 0 bridgehead atoms. The number of rotatable bonds is 4. The number of carbonyl (C=O) groups is 3. The molecule has 1 aliphatic rings. The van der Waals surface area contributed by atoms with Crippen LogP contribution in [0, 0.1) is 5.82 Å². The van der Waals surface area contributed by atoms with E-state index in [1.54, 1.807) is 0 Å². The fourth-order valence-electron chi connectivity index (χ4n) is 1.92. The largest absolute Gasteiger partial charge is 0.448 e. The van der Waals surface area contributed by atoms with Crippen molar-refractivity contribution in [3.05, 3.63) is 29.0 Å². The number of halogens is 2. The third-order valence-corrected chi connectivity index (χ3v) is 3.52. The number of esters is 1. The van der Waals surface area contributed by atoms with E-state index >= 15 is 0 Å². The van der Waals surface area contributed by atoms with Crippen molar-refractivity contribution in [1.29, 1.82) is 0 Å². The Bertz CT molecular complexity index is 723. The average molecular weight is 356 g/mol. The van der Waals surface area contributed by atoms with Crippen LogP contribution < -0.4 is 5.32 Å². The summed E-state index contributed by atoms with van der Waals surface area (Å²) in [6.07, 6.45) is -0.887. The molecule has 0 saturated heterocycles. The molecule has 0 aliphatic carbocycles. The Hall–Kier alpha value is -2.48. The average Bonchev–Trinajstić information content (AvgIpc) is 2.52. The third-order valence-electron chi connectivity index (χ3n) is 3.28. The van der Waals surface area contributed by atoms with Crippen molar-refractivity contribution < 1.29 is 23.5 Å². The number of ether oxygens (including phenoxy) is 1. The zero-order valence-electron chi connectivity index (χ0n) is 13.0. The van der Waals surface area contributed by atoms with Crippen molar-refractivity contribution in [3.63, 3.8) is 0 Å². The topological polar surface area (TPSA) is 88.1 Å². The van der Waals surface area contributed by atoms with Gasteiger partial charge in [-0.05, 0) is 25.1 Å². The fraction of sp³-hybridized carbons (Fsp3) is 0.333. The van der Waals surface area contributed by atoms with Crippen LogP contribution in [0.15, 0.2) is 23.3 Å². The number of hydrogen-bond acceptors (Lipinski definition) is 5. The second kappa shape index (κ2) is 7.39. The molecule has 128 valence electrons. The van der Waals surface area contributed by atoms with Crippen LogP contribution in [-0.4, -0.2) is 41.7 Å². The van der Waals surface area contributed by atoms with E-state index in [0.29, 0.717) is 0 Å². The van der Waals surface area contributed by atoms with E-state index in [1.165, 1.54) is 26.1 Å². The first-order valence-corrected chi connectivity index (χ1v) is 7.46. The molecule has 0 aromatic heterocycles. The van der Waals surface area contributed by atoms with E-state index in [0.717, 1.165) is 11.1 Å². The highest BCUT2D eigenvalue weighted by Gasteiger charge is 2.26. The molecular weight excluding hydrogens is 341 g/mol. The molecular formula is C15H15ClFN3O4. The molecule has 1 heterocycles. The Morgan fingerprint density at radius 2 is 2.12 bits per heavy atom. The minimum absolute atomic E-state index is 0.0504. The molecule has 2 amide bonds. The first-order chi connectivity index (χ1) is 11.3. The van der Waals surface area contributed by atoms with Gasteiger partial charge in [0.2, 0.25) is 5.91 Å². The van der Waals surface area contributed by atoms with Crippen LogP contribution in [0.1, 0.15) is 19.8 Å². The number of amides is 2. The van der Waals surface area contributed by atoms with Crippen molar-refractivity contribution in [2.75, 3.05) is 12.4 Å². The maximum absolute atomic E-state index is 13.6. The summed E-state index contributed by atoms with van der Waals surface area (Å²) in [6, 6.07) is 3.77. The van der Waals surface area contributed by atoms with Crippen LogP contribution in [0.25, 0.3) is 0 Å². The number of benzene rings is 1. The summed E-state index contributed by atoms with van der Waals surface area (Å²) in [5.74, 6) is -2.42. The molecule has 1 atom stereocenters. The third kappa shape index (κ3) is 4.29. The number of hydrogen-bond donors (Lipinski definition) is 1. The lowest BCUT2D eigenvalue weighted by molar-refractivity contribution is -0.146. The van der Waals surface area contributed by atoms with Gasteiger partial charge in [0.1, 0.15) is 11.5 Å². The number of carbonyl (C=O) groups excluding carboxylic acids is 3. The second-order valence-electron chi connectivity index (χ2n) is 5.12. The molecule has 9 heteroatoms. The molecule has 1 unspecified atom stereocenters. The van der Waals surface area contributed by atoms with Crippen molar-refractivity contribution in [1.82, 2.24) is 5.01 Å². The van der Waals surface area contributed by atoms with E-state index in [1.807, 2.05) is 0 Å². The van der Waals surface area contributed by atoms with Crippen molar-refractivity contribution in [2.45, 2.75) is 25.9 Å². The van der Waals surface area contributed by atoms with E-state index in [-0.39, 0.29) is 35.2 Å². The van der Waals surface area contributed by atoms with Crippen LogP contribution in [0.3, 0.4) is 0 Å². The lowest BCUT2D eigenvalue weighted by Gasteiger charge is -2.20. The molecule has 0 fully saturated rings. The van der Waals surface area contributed by atoms with Gasteiger partial charge in [0.25, 0.3) is 5.91 Å². The lowest BCUT2D eigenvalue weighted by Crippen LogP contribution is -2.36. The van der Waals surface area contributed by atoms with Crippen molar-refractivity contribution in [2.24, 2.45) is 5.10 Å². The van der Waals surface area contributed by atoms with Gasteiger partial charge in [-0.25, -0.2) is 14.2 Å². The first-order valence-electron chi connectivity index (χ1n) is 7.09. The van der Waals surface area contributed by atoms with Gasteiger partial charge in [0.05, 0.1) is 5.69 Å². The van der Waals surface area contributed by atoms with Crippen LogP contribution in [0.4, 0.5) is 10.1 Å². The summed E-state index contributed by atoms with van der Waals surface area (Å²) in [5.41, 5.74) is -0.0259. The van der Waals surface area contributed by atoms with Gasteiger partial charge in [-0.1, -0.05) is 11.6 Å². The quantitative estimate of drug-likeness (QED) is 0.836. The predicted molar refractivity (Wildman–Crippen MR) is 85.0 cm³/mol. The monoisotopic (exact) mass is 355 g/mol. The van der Waals surface area contributed by atoms with Gasteiger partial charge in [-0.3, -0.25) is 9.59 Å². The molecule has 1 aliphatic heterocycles. The number of hydrazone groups is 1. The number of nitrogens with zero attached hydrogens (tertiary/aromatic N) is 2. The Morgan fingerprint density at radius 1 is 1.42 bits per heavy atom. The summed E-state index contributed by atoms with van der Waals surface area (Å²) >= 11 is 5.63. The Balaban J connectivity index is 1.97. The normalized spacial score (nSPS) is 15.6. The minimum atomic E-state index is -1.17. The van der Waals surface area contributed by atoms with Gasteiger partial charge in [-0.2, -0.15) is 5.10 Å². The van der Waals surface area contributed by atoms with E-state index in [4.69, 9.17) is 16.3 Å². The molecule has 0 radical (unpaired) electrons. The maximum atomic E-state index is 13.6. The highest BCUT2D eigenvalue weighted by Crippen LogP contribution is 2.19. The standard InChI is InChI=1S/C15H15ClFN3O4/c1-8(14(22)18-11-4-3-9(16)7-10(11)17)24-15(23)12-5-6-13(21)20(2)19-12/h3-4,7-8H,5-6H2,1-2H3,(H,18,22). The summed E-state index contributed by atoms with van der Waals surface area (Å²) < 4.78 is 18.6. The first kappa shape index (κ1) is 17.9. The molecule has 1 aromatic carbocycles. The predicted octanol–water partition coefficient (Wildman–Crippen LogP) is 1.96. The zero-order valence-corrected chi connectivity index (χ0v) is 13.8. The van der Waals surface area contributed by atoms with Gasteiger partial charge in [0, 0.05) is 24.9 Å². The fourth-order valence-corrected chi connectivity index (χ4v) is 2.08. The Labute approximate surface area is 142 Å².